The third kappa shape index (κ3) is 4.59. The lowest BCUT2D eigenvalue weighted by atomic mass is 9.64. The summed E-state index contributed by atoms with van der Waals surface area (Å²) >= 11 is 0. The maximum absolute atomic E-state index is 11.6. The van der Waals surface area contributed by atoms with Crippen molar-refractivity contribution >= 4 is 11.9 Å². The van der Waals surface area contributed by atoms with E-state index in [2.05, 4.69) is 13.8 Å². The minimum atomic E-state index is -1.28. The van der Waals surface area contributed by atoms with E-state index in [1.807, 2.05) is 0 Å². The fraction of sp³-hybridized carbons (Fsp3) is 0.778. The van der Waals surface area contributed by atoms with E-state index in [9.17, 15) is 19.8 Å². The van der Waals surface area contributed by atoms with Crippen LogP contribution in [0.15, 0.2) is 11.1 Å². The number of hydrogen-bond donors (Lipinski definition) is 2. The summed E-state index contributed by atoms with van der Waals surface area (Å²) in [5.41, 5.74) is 0.157. The number of allylic oxidation sites excluding steroid dienone is 1. The third-order valence-corrected chi connectivity index (χ3v) is 4.97. The van der Waals surface area contributed by atoms with E-state index in [-0.39, 0.29) is 11.0 Å². The molecule has 1 aliphatic rings. The molecule has 126 valence electrons. The summed E-state index contributed by atoms with van der Waals surface area (Å²) in [7, 11) is 0. The second-order valence-electron chi connectivity index (χ2n) is 6.51. The summed E-state index contributed by atoms with van der Waals surface area (Å²) < 4.78 is 0. The van der Waals surface area contributed by atoms with Crippen LogP contribution in [0.5, 0.6) is 0 Å². The van der Waals surface area contributed by atoms with Crippen LogP contribution in [0.4, 0.5) is 0 Å². The van der Waals surface area contributed by atoms with Crippen LogP contribution < -0.4 is 0 Å². The van der Waals surface area contributed by atoms with Gasteiger partial charge in [0.1, 0.15) is 5.57 Å². The Bertz CT molecular complexity index is 401. The van der Waals surface area contributed by atoms with E-state index in [1.54, 1.807) is 0 Å². The van der Waals surface area contributed by atoms with Crippen molar-refractivity contribution in [2.75, 3.05) is 0 Å². The highest BCUT2D eigenvalue weighted by Crippen LogP contribution is 2.49. The lowest BCUT2D eigenvalue weighted by molar-refractivity contribution is -0.140. The lowest BCUT2D eigenvalue weighted by Crippen LogP contribution is -2.31. The molecule has 1 saturated carbocycles. The van der Waals surface area contributed by atoms with Gasteiger partial charge in [0.15, 0.2) is 0 Å². The van der Waals surface area contributed by atoms with Gasteiger partial charge in [-0.15, -0.1) is 0 Å². The summed E-state index contributed by atoms with van der Waals surface area (Å²) in [5, 5.41) is 18.9. The molecule has 22 heavy (non-hydrogen) atoms. The van der Waals surface area contributed by atoms with Gasteiger partial charge in [-0.05, 0) is 43.1 Å². The van der Waals surface area contributed by atoms with Gasteiger partial charge in [-0.1, -0.05) is 52.4 Å². The van der Waals surface area contributed by atoms with E-state index in [0.717, 1.165) is 57.8 Å². The van der Waals surface area contributed by atoms with E-state index < -0.39 is 11.9 Å². The number of carbonyl (C=O) groups is 2. The maximum Gasteiger partial charge on any atom is 0.343 e. The number of unbranched alkanes of at least 4 members (excludes halogenated alkanes) is 2. The van der Waals surface area contributed by atoms with E-state index in [1.165, 1.54) is 6.42 Å². The zero-order valence-electron chi connectivity index (χ0n) is 14.0. The monoisotopic (exact) mass is 310 g/mol. The van der Waals surface area contributed by atoms with Gasteiger partial charge in [0.25, 0.3) is 0 Å². The molecule has 0 aromatic carbocycles. The van der Waals surface area contributed by atoms with Gasteiger partial charge in [-0.25, -0.2) is 9.59 Å². The Balaban J connectivity index is 3.32. The van der Waals surface area contributed by atoms with E-state index in [4.69, 9.17) is 0 Å². The van der Waals surface area contributed by atoms with Gasteiger partial charge in [0.05, 0.1) is 0 Å². The van der Waals surface area contributed by atoms with Gasteiger partial charge in [0.2, 0.25) is 0 Å². The van der Waals surface area contributed by atoms with Crippen LogP contribution >= 0.6 is 0 Å². The summed E-state index contributed by atoms with van der Waals surface area (Å²) in [6, 6.07) is 0. The molecule has 0 amide bonds. The molecule has 0 aromatic rings. The largest absolute Gasteiger partial charge is 0.477 e. The molecule has 0 aliphatic heterocycles. The third-order valence-electron chi connectivity index (χ3n) is 4.97. The van der Waals surface area contributed by atoms with Crippen LogP contribution in [-0.4, -0.2) is 22.2 Å². The molecule has 0 aromatic heterocycles. The predicted molar refractivity (Wildman–Crippen MR) is 86.9 cm³/mol. The minimum absolute atomic E-state index is 0.199. The normalized spacial score (nSPS) is 17.0. The number of carboxylic acid groups (broad SMARTS) is 2. The quantitative estimate of drug-likeness (QED) is 0.365. The van der Waals surface area contributed by atoms with Crippen molar-refractivity contribution in [3.8, 4) is 0 Å². The zero-order valence-corrected chi connectivity index (χ0v) is 14.0. The van der Waals surface area contributed by atoms with Crippen LogP contribution in [0, 0.1) is 5.41 Å². The van der Waals surface area contributed by atoms with E-state index >= 15 is 0 Å². The number of hydrogen-bond acceptors (Lipinski definition) is 2. The van der Waals surface area contributed by atoms with Crippen molar-refractivity contribution in [2.45, 2.75) is 84.5 Å². The Hall–Kier alpha value is -1.32. The molecule has 4 nitrogen and oxygen atoms in total. The predicted octanol–water partition coefficient (Wildman–Crippen LogP) is 4.78. The van der Waals surface area contributed by atoms with Crippen LogP contribution in [-0.2, 0) is 9.59 Å². The standard InChI is InChI=1S/C18H30O4/c1-3-5-10-14(15(16(19)20)17(21)22)18(11-6-4-2)12-8-7-9-13-18/h3-13H2,1-2H3,(H,19,20)(H,21,22). The molecular formula is C18H30O4. The molecular weight excluding hydrogens is 280 g/mol. The molecule has 0 heterocycles. The first-order chi connectivity index (χ1) is 10.5. The molecule has 0 unspecified atom stereocenters. The maximum atomic E-state index is 11.6. The number of aliphatic carboxylic acids is 2. The Morgan fingerprint density at radius 3 is 1.91 bits per heavy atom. The average Bonchev–Trinajstić information content (AvgIpc) is 2.49. The SMILES string of the molecule is CCCCC(=C(C(=O)O)C(=O)O)C1(CCCC)CCCCC1. The van der Waals surface area contributed by atoms with Crippen molar-refractivity contribution in [3.63, 3.8) is 0 Å². The van der Waals surface area contributed by atoms with Gasteiger partial charge >= 0.3 is 11.9 Å². The topological polar surface area (TPSA) is 74.6 Å². The number of carboxylic acids is 2. The first-order valence-corrected chi connectivity index (χ1v) is 8.68. The molecule has 1 rings (SSSR count). The minimum Gasteiger partial charge on any atom is -0.477 e. The molecule has 1 fully saturated rings. The van der Waals surface area contributed by atoms with Gasteiger partial charge < -0.3 is 10.2 Å². The fourth-order valence-electron chi connectivity index (χ4n) is 3.80. The van der Waals surface area contributed by atoms with Crippen molar-refractivity contribution in [1.29, 1.82) is 0 Å². The lowest BCUT2D eigenvalue weighted by Gasteiger charge is -2.40. The summed E-state index contributed by atoms with van der Waals surface area (Å²) in [6.45, 7) is 4.18. The van der Waals surface area contributed by atoms with E-state index in [0.29, 0.717) is 12.0 Å². The average molecular weight is 310 g/mol. The van der Waals surface area contributed by atoms with Crippen LogP contribution in [0.1, 0.15) is 84.5 Å². The van der Waals surface area contributed by atoms with Crippen molar-refractivity contribution in [2.24, 2.45) is 5.41 Å². The van der Waals surface area contributed by atoms with Crippen molar-refractivity contribution in [3.05, 3.63) is 11.1 Å². The molecule has 1 aliphatic carbocycles. The Kier molecular flexibility index (Phi) is 7.63. The molecule has 4 heteroatoms. The highest BCUT2D eigenvalue weighted by Gasteiger charge is 2.39. The summed E-state index contributed by atoms with van der Waals surface area (Å²) in [5.74, 6) is -2.56. The fourth-order valence-corrected chi connectivity index (χ4v) is 3.80. The molecule has 0 spiro atoms. The second-order valence-corrected chi connectivity index (χ2v) is 6.51. The zero-order chi connectivity index (χ0) is 16.6. The summed E-state index contributed by atoms with van der Waals surface area (Å²) in [6.07, 6.45) is 10.6. The highest BCUT2D eigenvalue weighted by atomic mass is 16.4. The molecule has 0 atom stereocenters. The molecule has 0 saturated heterocycles. The van der Waals surface area contributed by atoms with Crippen LogP contribution in [0.3, 0.4) is 0 Å². The number of rotatable bonds is 9. The first-order valence-electron chi connectivity index (χ1n) is 8.68. The van der Waals surface area contributed by atoms with Gasteiger partial charge in [0, 0.05) is 0 Å². The molecule has 0 radical (unpaired) electrons. The smallest absolute Gasteiger partial charge is 0.343 e. The van der Waals surface area contributed by atoms with Crippen LogP contribution in [0.2, 0.25) is 0 Å². The first kappa shape index (κ1) is 18.7. The van der Waals surface area contributed by atoms with Crippen LogP contribution in [0.25, 0.3) is 0 Å². The van der Waals surface area contributed by atoms with Crippen molar-refractivity contribution in [1.82, 2.24) is 0 Å². The Labute approximate surface area is 133 Å². The molecule has 0 bridgehead atoms. The summed E-state index contributed by atoms with van der Waals surface area (Å²) in [4.78, 5) is 23.1. The molecule has 2 N–H and O–H groups in total. The van der Waals surface area contributed by atoms with Crippen molar-refractivity contribution < 1.29 is 19.8 Å². The second kappa shape index (κ2) is 8.96. The highest BCUT2D eigenvalue weighted by molar-refractivity contribution is 6.13. The van der Waals surface area contributed by atoms with Gasteiger partial charge in [-0.2, -0.15) is 0 Å². The van der Waals surface area contributed by atoms with Gasteiger partial charge in [-0.3, -0.25) is 0 Å². The Morgan fingerprint density at radius 1 is 0.909 bits per heavy atom. The Morgan fingerprint density at radius 2 is 1.45 bits per heavy atom.